The van der Waals surface area contributed by atoms with E-state index >= 15 is 0 Å². The maximum absolute atomic E-state index is 12.5. The summed E-state index contributed by atoms with van der Waals surface area (Å²) in [6.07, 6.45) is 7.19. The minimum Gasteiger partial charge on any atom is -0.492 e. The van der Waals surface area contributed by atoms with E-state index in [2.05, 4.69) is 58.6 Å². The van der Waals surface area contributed by atoms with Crippen LogP contribution in [-0.4, -0.2) is 52.3 Å². The number of likely N-dealkylation sites (N-methyl/N-ethyl adjacent to an activating group) is 1. The highest BCUT2D eigenvalue weighted by Crippen LogP contribution is 2.66. The van der Waals surface area contributed by atoms with E-state index in [-0.39, 0.29) is 0 Å². The van der Waals surface area contributed by atoms with Crippen molar-refractivity contribution >= 4 is 28.7 Å². The van der Waals surface area contributed by atoms with Gasteiger partial charge in [0.2, 0.25) is 0 Å². The van der Waals surface area contributed by atoms with Crippen molar-refractivity contribution in [1.29, 1.82) is 0 Å². The summed E-state index contributed by atoms with van der Waals surface area (Å²) in [5, 5.41) is 3.38. The molecule has 0 heterocycles. The van der Waals surface area contributed by atoms with Crippen LogP contribution in [-0.2, 0) is 10.2 Å². The van der Waals surface area contributed by atoms with Gasteiger partial charge in [0.1, 0.15) is 12.4 Å². The molecule has 4 aliphatic carbocycles. The van der Waals surface area contributed by atoms with Gasteiger partial charge in [-0.1, -0.05) is 12.1 Å². The molecular weight excluding hydrogens is 498 g/mol. The van der Waals surface area contributed by atoms with Gasteiger partial charge in [-0.2, -0.15) is 0 Å². The molecule has 2 atom stereocenters. The first-order valence-electron chi connectivity index (χ1n) is 14.6. The van der Waals surface area contributed by atoms with E-state index in [9.17, 15) is 4.79 Å². The fraction of sp³-hybridized carbons (Fsp3) is 0.441. The number of nitrogens with one attached hydrogen (secondary N) is 1. The largest absolute Gasteiger partial charge is 0.492 e. The van der Waals surface area contributed by atoms with Crippen molar-refractivity contribution in [3.63, 3.8) is 0 Å². The van der Waals surface area contributed by atoms with Crippen molar-refractivity contribution < 1.29 is 14.3 Å². The third-order valence-corrected chi connectivity index (χ3v) is 9.56. The van der Waals surface area contributed by atoms with Crippen molar-refractivity contribution in [2.75, 3.05) is 51.6 Å². The average molecular weight is 540 g/mol. The molecule has 4 fully saturated rings. The fourth-order valence-electron chi connectivity index (χ4n) is 7.70. The van der Waals surface area contributed by atoms with Crippen LogP contribution in [0.15, 0.2) is 66.7 Å². The zero-order valence-corrected chi connectivity index (χ0v) is 24.2. The number of rotatable bonds is 10. The molecule has 0 spiro atoms. The van der Waals surface area contributed by atoms with Crippen LogP contribution in [0.2, 0.25) is 0 Å². The quantitative estimate of drug-likeness (QED) is 0.280. The summed E-state index contributed by atoms with van der Waals surface area (Å²) in [6.45, 7) is 1.33. The Bertz CT molecular complexity index is 1340. The minimum atomic E-state index is -0.404. The van der Waals surface area contributed by atoms with E-state index < -0.39 is 5.97 Å². The van der Waals surface area contributed by atoms with Crippen LogP contribution in [0.3, 0.4) is 0 Å². The zero-order chi connectivity index (χ0) is 27.9. The third kappa shape index (κ3) is 5.05. The van der Waals surface area contributed by atoms with Crippen molar-refractivity contribution in [2.45, 2.75) is 37.5 Å². The topological polar surface area (TPSA) is 54.0 Å². The molecule has 4 aliphatic rings. The van der Waals surface area contributed by atoms with Crippen LogP contribution in [0.25, 0.3) is 0 Å². The van der Waals surface area contributed by atoms with Crippen LogP contribution in [0.4, 0.5) is 22.7 Å². The lowest BCUT2D eigenvalue weighted by atomic mass is 9.71. The highest BCUT2D eigenvalue weighted by Gasteiger charge is 2.58. The van der Waals surface area contributed by atoms with Gasteiger partial charge in [0.15, 0.2) is 0 Å². The third-order valence-electron chi connectivity index (χ3n) is 9.56. The van der Waals surface area contributed by atoms with Crippen LogP contribution >= 0.6 is 0 Å². The summed E-state index contributed by atoms with van der Waals surface area (Å²) in [5.41, 5.74) is 6.33. The van der Waals surface area contributed by atoms with Gasteiger partial charge in [-0.05, 0) is 130 Å². The molecule has 210 valence electrons. The Labute approximate surface area is 238 Å². The first-order chi connectivity index (χ1) is 19.3. The van der Waals surface area contributed by atoms with Gasteiger partial charge in [-0.15, -0.1) is 0 Å². The molecule has 1 N–H and O–H groups in total. The fourth-order valence-corrected chi connectivity index (χ4v) is 7.70. The summed E-state index contributed by atoms with van der Waals surface area (Å²) in [5.74, 6) is 3.08. The van der Waals surface area contributed by atoms with Crippen LogP contribution in [0.5, 0.6) is 5.75 Å². The Kier molecular flexibility index (Phi) is 7.22. The molecule has 40 heavy (non-hydrogen) atoms. The van der Waals surface area contributed by atoms with E-state index in [1.54, 1.807) is 11.6 Å². The van der Waals surface area contributed by atoms with Crippen molar-refractivity contribution in [3.8, 4) is 5.75 Å². The lowest BCUT2D eigenvalue weighted by molar-refractivity contribution is 0.0601. The number of methoxy groups -OCH3 is 1. The normalized spacial score (nSPS) is 24.4. The molecule has 3 aromatic carbocycles. The summed E-state index contributed by atoms with van der Waals surface area (Å²) in [4.78, 5) is 16.8. The second-order valence-corrected chi connectivity index (χ2v) is 12.3. The van der Waals surface area contributed by atoms with Gasteiger partial charge in [-0.25, -0.2) is 4.79 Å². The number of nitrogens with zero attached hydrogens (tertiary/aromatic N) is 2. The SMILES string of the molecule is COC(=O)c1cc(OCCN(C)C)ccc1Nc1ccc(N(C)c2ccc(C34CC5CC(CC3C5)C4)cc2)cc1. The summed E-state index contributed by atoms with van der Waals surface area (Å²) in [6, 6.07) is 23.1. The molecule has 3 aromatic rings. The van der Waals surface area contributed by atoms with Gasteiger partial charge >= 0.3 is 5.97 Å². The lowest BCUT2D eigenvalue weighted by Crippen LogP contribution is -2.27. The standard InChI is InChI=1S/C34H41N3O3/c1-36(2)15-16-40-30-13-14-32(31(20-30)33(38)39-4)35-27-7-11-29(12-8-27)37(3)28-9-5-25(6-10-28)34-21-23-17-24(22-34)19-26(34)18-23/h5-14,20,23-24,26,35H,15-19,21-22H2,1-4H3. The van der Waals surface area contributed by atoms with Crippen LogP contribution in [0.1, 0.15) is 48.0 Å². The molecule has 0 saturated heterocycles. The van der Waals surface area contributed by atoms with Crippen LogP contribution < -0.4 is 15.0 Å². The second kappa shape index (κ2) is 10.8. The maximum atomic E-state index is 12.5. The number of carbonyl (C=O) groups is 1. The second-order valence-electron chi connectivity index (χ2n) is 12.3. The molecule has 0 amide bonds. The van der Waals surface area contributed by atoms with Gasteiger partial charge in [0, 0.05) is 30.7 Å². The van der Waals surface area contributed by atoms with E-state index in [0.29, 0.717) is 29.0 Å². The minimum absolute atomic E-state index is 0.404. The van der Waals surface area contributed by atoms with E-state index in [1.807, 2.05) is 38.4 Å². The van der Waals surface area contributed by atoms with Gasteiger partial charge in [0.05, 0.1) is 18.4 Å². The van der Waals surface area contributed by atoms with Crippen molar-refractivity contribution in [2.24, 2.45) is 17.8 Å². The molecule has 0 aromatic heterocycles. The Balaban J connectivity index is 1.13. The number of benzene rings is 3. The number of hydrogen-bond acceptors (Lipinski definition) is 6. The Morgan fingerprint density at radius 1 is 0.900 bits per heavy atom. The summed E-state index contributed by atoms with van der Waals surface area (Å²) < 4.78 is 10.9. The predicted molar refractivity (Wildman–Crippen MR) is 161 cm³/mol. The smallest absolute Gasteiger partial charge is 0.340 e. The zero-order valence-electron chi connectivity index (χ0n) is 24.2. The average Bonchev–Trinajstić information content (AvgIpc) is 3.37. The molecule has 6 heteroatoms. The number of carbonyl (C=O) groups excluding carboxylic acids is 1. The first-order valence-corrected chi connectivity index (χ1v) is 14.6. The molecule has 7 rings (SSSR count). The molecular formula is C34H41N3O3. The number of hydrogen-bond donors (Lipinski definition) is 1. The van der Waals surface area contributed by atoms with Crippen molar-refractivity contribution in [3.05, 3.63) is 77.9 Å². The van der Waals surface area contributed by atoms with E-state index in [4.69, 9.17) is 9.47 Å². The maximum Gasteiger partial charge on any atom is 0.340 e. The summed E-state index contributed by atoms with van der Waals surface area (Å²) in [7, 11) is 7.50. The molecule has 4 bridgehead atoms. The number of ether oxygens (including phenoxy) is 2. The Hall–Kier alpha value is -3.51. The number of esters is 1. The van der Waals surface area contributed by atoms with Crippen molar-refractivity contribution in [1.82, 2.24) is 4.90 Å². The van der Waals surface area contributed by atoms with E-state index in [1.165, 1.54) is 44.9 Å². The highest BCUT2D eigenvalue weighted by atomic mass is 16.5. The highest BCUT2D eigenvalue weighted by molar-refractivity contribution is 5.97. The molecule has 0 aliphatic heterocycles. The lowest BCUT2D eigenvalue weighted by Gasteiger charge is -2.34. The van der Waals surface area contributed by atoms with Gasteiger partial charge in [0.25, 0.3) is 0 Å². The van der Waals surface area contributed by atoms with Gasteiger partial charge < -0.3 is 24.6 Å². The Morgan fingerprint density at radius 3 is 2.17 bits per heavy atom. The Morgan fingerprint density at radius 2 is 1.55 bits per heavy atom. The number of anilines is 4. The first kappa shape index (κ1) is 26.7. The molecule has 6 nitrogen and oxygen atoms in total. The molecule has 4 saturated carbocycles. The summed E-state index contributed by atoms with van der Waals surface area (Å²) >= 11 is 0. The predicted octanol–water partition coefficient (Wildman–Crippen LogP) is 7.00. The van der Waals surface area contributed by atoms with Crippen LogP contribution in [0, 0.1) is 17.8 Å². The molecule has 2 unspecified atom stereocenters. The van der Waals surface area contributed by atoms with Gasteiger partial charge in [-0.3, -0.25) is 0 Å². The monoisotopic (exact) mass is 539 g/mol. The van der Waals surface area contributed by atoms with E-state index in [0.717, 1.165) is 35.7 Å². The molecule has 0 radical (unpaired) electrons.